The Morgan fingerprint density at radius 2 is 1.93 bits per heavy atom. The van der Waals surface area contributed by atoms with Crippen molar-refractivity contribution in [3.8, 4) is 17.2 Å². The monoisotopic (exact) mass is 417 g/mol. The molecule has 0 aliphatic carbocycles. The van der Waals surface area contributed by atoms with Crippen molar-refractivity contribution in [1.82, 2.24) is 0 Å². The highest BCUT2D eigenvalue weighted by molar-refractivity contribution is 8.27. The molecular formula is C19H15NO6S2. The number of ether oxygens (including phenoxy) is 2. The Kier molecular flexibility index (Phi) is 5.57. The van der Waals surface area contributed by atoms with Crippen LogP contribution in [0.3, 0.4) is 0 Å². The van der Waals surface area contributed by atoms with Gasteiger partial charge in [-0.3, -0.25) is 9.69 Å². The maximum absolute atomic E-state index is 12.9. The highest BCUT2D eigenvalue weighted by Gasteiger charge is 2.34. The van der Waals surface area contributed by atoms with Crippen LogP contribution in [0, 0.1) is 0 Å². The number of carboxylic acid groups (broad SMARTS) is 1. The number of methoxy groups -OCH3 is 2. The van der Waals surface area contributed by atoms with Gasteiger partial charge in [0.2, 0.25) is 0 Å². The number of rotatable bonds is 5. The highest BCUT2D eigenvalue weighted by atomic mass is 32.2. The number of phenols is 1. The molecule has 0 bridgehead atoms. The minimum absolute atomic E-state index is 0.258. The van der Waals surface area contributed by atoms with Crippen molar-refractivity contribution < 1.29 is 29.3 Å². The summed E-state index contributed by atoms with van der Waals surface area (Å²) < 4.78 is 10.8. The molecule has 1 aliphatic heterocycles. The lowest BCUT2D eigenvalue weighted by Crippen LogP contribution is -2.27. The molecular weight excluding hydrogens is 402 g/mol. The average molecular weight is 417 g/mol. The van der Waals surface area contributed by atoms with Crippen LogP contribution in [0.1, 0.15) is 15.9 Å². The third-order valence-electron chi connectivity index (χ3n) is 3.99. The van der Waals surface area contributed by atoms with Crippen molar-refractivity contribution in [2.75, 3.05) is 19.1 Å². The molecule has 0 radical (unpaired) electrons. The number of aromatic hydroxyl groups is 1. The normalized spacial score (nSPS) is 15.2. The number of carbonyl (C=O) groups is 2. The van der Waals surface area contributed by atoms with Crippen molar-refractivity contribution >= 4 is 51.9 Å². The zero-order valence-corrected chi connectivity index (χ0v) is 16.5. The van der Waals surface area contributed by atoms with E-state index < -0.39 is 11.7 Å². The molecule has 0 aromatic heterocycles. The lowest BCUT2D eigenvalue weighted by Gasteiger charge is -2.15. The minimum Gasteiger partial charge on any atom is -0.507 e. The lowest BCUT2D eigenvalue weighted by atomic mass is 10.1. The maximum atomic E-state index is 12.9. The van der Waals surface area contributed by atoms with Crippen LogP contribution in [0.15, 0.2) is 41.3 Å². The predicted octanol–water partition coefficient (Wildman–Crippen LogP) is 3.51. The summed E-state index contributed by atoms with van der Waals surface area (Å²) in [6.07, 6.45) is 1.64. The molecule has 1 heterocycles. The quantitative estimate of drug-likeness (QED) is 0.564. The summed E-state index contributed by atoms with van der Waals surface area (Å²) >= 11 is 6.40. The van der Waals surface area contributed by atoms with Gasteiger partial charge in [0.25, 0.3) is 5.91 Å². The molecule has 0 atom stereocenters. The van der Waals surface area contributed by atoms with E-state index >= 15 is 0 Å². The molecule has 0 saturated carbocycles. The molecule has 1 aliphatic rings. The van der Waals surface area contributed by atoms with Crippen molar-refractivity contribution in [1.29, 1.82) is 0 Å². The van der Waals surface area contributed by atoms with Crippen LogP contribution in [0.25, 0.3) is 6.08 Å². The first-order chi connectivity index (χ1) is 13.3. The van der Waals surface area contributed by atoms with E-state index in [0.717, 1.165) is 11.8 Å². The number of anilines is 1. The Bertz CT molecular complexity index is 1020. The first-order valence-electron chi connectivity index (χ1n) is 7.92. The van der Waals surface area contributed by atoms with Gasteiger partial charge in [-0.2, -0.15) is 0 Å². The SMILES string of the molecule is COc1ccc(OC)c(/C=C2\SC(=S)N(c3ccc(C(=O)O)c(O)c3)C2=O)c1. The second kappa shape index (κ2) is 7.91. The van der Waals surface area contributed by atoms with E-state index in [-0.39, 0.29) is 21.5 Å². The molecule has 3 rings (SSSR count). The van der Waals surface area contributed by atoms with Crippen LogP contribution in [0.4, 0.5) is 5.69 Å². The summed E-state index contributed by atoms with van der Waals surface area (Å²) in [5.41, 5.74) is 0.670. The number of benzene rings is 2. The van der Waals surface area contributed by atoms with Gasteiger partial charge in [-0.1, -0.05) is 24.0 Å². The van der Waals surface area contributed by atoms with Crippen molar-refractivity contribution in [3.05, 3.63) is 52.4 Å². The standard InChI is InChI=1S/C19H15NO6S2/c1-25-12-4-6-15(26-2)10(7-12)8-16-17(22)20(19(27)28-16)11-3-5-13(18(23)24)14(21)9-11/h3-9,21H,1-2H3,(H,23,24)/b16-8-. The lowest BCUT2D eigenvalue weighted by molar-refractivity contribution is -0.113. The highest BCUT2D eigenvalue weighted by Crippen LogP contribution is 2.39. The van der Waals surface area contributed by atoms with Crippen LogP contribution in [-0.2, 0) is 4.79 Å². The van der Waals surface area contributed by atoms with Gasteiger partial charge in [0, 0.05) is 11.6 Å². The van der Waals surface area contributed by atoms with Crippen LogP contribution in [0.2, 0.25) is 0 Å². The van der Waals surface area contributed by atoms with Crippen molar-refractivity contribution in [2.45, 2.75) is 0 Å². The Hall–Kier alpha value is -3.04. The van der Waals surface area contributed by atoms with Crippen LogP contribution >= 0.6 is 24.0 Å². The van der Waals surface area contributed by atoms with E-state index in [4.69, 9.17) is 26.8 Å². The molecule has 28 heavy (non-hydrogen) atoms. The summed E-state index contributed by atoms with van der Waals surface area (Å²) in [6.45, 7) is 0. The summed E-state index contributed by atoms with van der Waals surface area (Å²) in [5.74, 6) is -0.925. The van der Waals surface area contributed by atoms with Crippen molar-refractivity contribution in [2.24, 2.45) is 0 Å². The smallest absolute Gasteiger partial charge is 0.339 e. The van der Waals surface area contributed by atoms with Crippen LogP contribution in [-0.4, -0.2) is 40.6 Å². The number of nitrogens with zero attached hydrogens (tertiary/aromatic N) is 1. The van der Waals surface area contributed by atoms with Gasteiger partial charge in [-0.25, -0.2) is 4.79 Å². The Labute approximate surface area is 170 Å². The molecule has 9 heteroatoms. The van der Waals surface area contributed by atoms with Gasteiger partial charge in [0.1, 0.15) is 22.8 Å². The second-order valence-corrected chi connectivity index (χ2v) is 7.31. The molecule has 1 amide bonds. The van der Waals surface area contributed by atoms with E-state index in [1.54, 1.807) is 31.4 Å². The van der Waals surface area contributed by atoms with E-state index in [9.17, 15) is 14.7 Å². The number of thioether (sulfide) groups is 1. The number of hydrogen-bond donors (Lipinski definition) is 2. The second-order valence-electron chi connectivity index (χ2n) is 5.63. The van der Waals surface area contributed by atoms with E-state index in [1.165, 1.54) is 30.2 Å². The van der Waals surface area contributed by atoms with Crippen LogP contribution < -0.4 is 14.4 Å². The molecule has 2 aromatic rings. The summed E-state index contributed by atoms with van der Waals surface area (Å²) in [7, 11) is 3.06. The zero-order valence-electron chi connectivity index (χ0n) is 14.8. The van der Waals surface area contributed by atoms with E-state index in [1.807, 2.05) is 0 Å². The molecule has 2 N–H and O–H groups in total. The zero-order chi connectivity index (χ0) is 20.4. The Morgan fingerprint density at radius 3 is 2.54 bits per heavy atom. The third kappa shape index (κ3) is 3.67. The first kappa shape index (κ1) is 19.7. The molecule has 7 nitrogen and oxygen atoms in total. The molecule has 2 aromatic carbocycles. The molecule has 1 saturated heterocycles. The number of aromatic carboxylic acids is 1. The summed E-state index contributed by atoms with van der Waals surface area (Å²) in [5, 5.41) is 18.9. The van der Waals surface area contributed by atoms with Gasteiger partial charge in [0.15, 0.2) is 4.32 Å². The third-order valence-corrected chi connectivity index (χ3v) is 5.29. The Morgan fingerprint density at radius 1 is 1.18 bits per heavy atom. The largest absolute Gasteiger partial charge is 0.507 e. The van der Waals surface area contributed by atoms with Gasteiger partial charge in [0.05, 0.1) is 24.8 Å². The number of amides is 1. The maximum Gasteiger partial charge on any atom is 0.339 e. The van der Waals surface area contributed by atoms with Gasteiger partial charge < -0.3 is 19.7 Å². The van der Waals surface area contributed by atoms with Crippen LogP contribution in [0.5, 0.6) is 17.2 Å². The first-order valence-corrected chi connectivity index (χ1v) is 9.14. The predicted molar refractivity (Wildman–Crippen MR) is 110 cm³/mol. The Balaban J connectivity index is 1.97. The minimum atomic E-state index is -1.26. The van der Waals surface area contributed by atoms with Gasteiger partial charge in [-0.15, -0.1) is 0 Å². The fourth-order valence-electron chi connectivity index (χ4n) is 2.62. The number of carboxylic acids is 1. The summed E-state index contributed by atoms with van der Waals surface area (Å²) in [6, 6.07) is 9.05. The van der Waals surface area contributed by atoms with Gasteiger partial charge >= 0.3 is 5.97 Å². The van der Waals surface area contributed by atoms with E-state index in [0.29, 0.717) is 22.0 Å². The fraction of sp³-hybridized carbons (Fsp3) is 0.105. The molecule has 144 valence electrons. The molecule has 0 spiro atoms. The van der Waals surface area contributed by atoms with E-state index in [2.05, 4.69) is 0 Å². The van der Waals surface area contributed by atoms with Crippen molar-refractivity contribution in [3.63, 3.8) is 0 Å². The molecule has 1 fully saturated rings. The topological polar surface area (TPSA) is 96.3 Å². The number of thiocarbonyl (C=S) groups is 1. The van der Waals surface area contributed by atoms with Gasteiger partial charge in [-0.05, 0) is 36.4 Å². The molecule has 0 unspecified atom stereocenters. The number of carbonyl (C=O) groups excluding carboxylic acids is 1. The average Bonchev–Trinajstić information content (AvgIpc) is 2.94. The number of hydrogen-bond acceptors (Lipinski definition) is 7. The summed E-state index contributed by atoms with van der Waals surface area (Å²) in [4.78, 5) is 25.5. The fourth-order valence-corrected chi connectivity index (χ4v) is 3.91.